The molecule has 6 atom stereocenters. The van der Waals surface area contributed by atoms with Gasteiger partial charge >= 0.3 is 0 Å². The maximum Gasteiger partial charge on any atom is 0.0626 e. The van der Waals surface area contributed by atoms with Gasteiger partial charge in [-0.1, -0.05) is 82.1 Å². The number of aromatic nitrogens is 1. The third-order valence-corrected chi connectivity index (χ3v) is 10.5. The molecule has 4 fully saturated rings. The summed E-state index contributed by atoms with van der Waals surface area (Å²) < 4.78 is 0. The van der Waals surface area contributed by atoms with Crippen molar-refractivity contribution >= 4 is 10.8 Å². The van der Waals surface area contributed by atoms with E-state index >= 15 is 0 Å². The number of fused-ring (bicyclic) bond motifs is 2. The van der Waals surface area contributed by atoms with E-state index in [2.05, 4.69) is 23.2 Å². The van der Waals surface area contributed by atoms with Gasteiger partial charge < -0.3 is 15.2 Å². The smallest absolute Gasteiger partial charge is 0.0626 e. The van der Waals surface area contributed by atoms with Gasteiger partial charge in [0.2, 0.25) is 0 Å². The van der Waals surface area contributed by atoms with Gasteiger partial charge in [-0.2, -0.15) is 0 Å². The Morgan fingerprint density at radius 2 is 1.31 bits per heavy atom. The van der Waals surface area contributed by atoms with Crippen LogP contribution in [-0.2, 0) is 20.1 Å². The Bertz CT molecular complexity index is 1170. The largest absolute Gasteiger partial charge is 0.392 e. The van der Waals surface area contributed by atoms with E-state index in [1.807, 2.05) is 48.7 Å². The molecule has 2 N–H and O–H groups in total. The number of hydrogen-bond acceptors (Lipinski definition) is 3. The Morgan fingerprint density at radius 1 is 0.667 bits per heavy atom. The molecule has 7 rings (SSSR count). The summed E-state index contributed by atoms with van der Waals surface area (Å²) in [4.78, 5) is 4.45. The molecule has 4 unspecified atom stereocenters. The summed E-state index contributed by atoms with van der Waals surface area (Å²) in [7, 11) is 0. The van der Waals surface area contributed by atoms with Crippen LogP contribution in [0.1, 0.15) is 77.0 Å². The molecule has 4 saturated carbocycles. The van der Waals surface area contributed by atoms with Crippen molar-refractivity contribution < 1.29 is 30.3 Å². The van der Waals surface area contributed by atoms with Crippen LogP contribution in [0.2, 0.25) is 0 Å². The summed E-state index contributed by atoms with van der Waals surface area (Å²) in [5.41, 5.74) is 2.04. The Balaban J connectivity index is 0.000000161. The topological polar surface area (TPSA) is 53.4 Å². The van der Waals surface area contributed by atoms with Gasteiger partial charge in [-0.05, 0) is 71.4 Å². The van der Waals surface area contributed by atoms with Crippen molar-refractivity contribution in [3.63, 3.8) is 0 Å². The van der Waals surface area contributed by atoms with Crippen molar-refractivity contribution in [2.24, 2.45) is 35.5 Å². The predicted octanol–water partition coefficient (Wildman–Crippen LogP) is 7.84. The first-order valence-electron chi connectivity index (χ1n) is 15.4. The number of rotatable bonds is 3. The second kappa shape index (κ2) is 13.4. The molecule has 2 aromatic carbocycles. The molecule has 3 nitrogen and oxygen atoms in total. The van der Waals surface area contributed by atoms with E-state index < -0.39 is 0 Å². The van der Waals surface area contributed by atoms with Crippen LogP contribution in [0.3, 0.4) is 0 Å². The minimum atomic E-state index is -0.225. The van der Waals surface area contributed by atoms with Gasteiger partial charge in [-0.25, -0.2) is 0 Å². The first kappa shape index (κ1) is 28.9. The third-order valence-electron chi connectivity index (χ3n) is 10.5. The Morgan fingerprint density at radius 3 is 2.03 bits per heavy atom. The molecule has 211 valence electrons. The monoisotopic (exact) mass is 703 g/mol. The molecular formula is C35H44IrNO2-. The van der Waals surface area contributed by atoms with Gasteiger partial charge in [-0.3, -0.25) is 0 Å². The number of nitrogens with zero attached hydrogens (tertiary/aromatic N) is 1. The van der Waals surface area contributed by atoms with Gasteiger partial charge in [-0.15, -0.1) is 35.9 Å². The van der Waals surface area contributed by atoms with Crippen molar-refractivity contribution in [3.05, 3.63) is 66.9 Å². The molecule has 1 aromatic heterocycles. The van der Waals surface area contributed by atoms with Crippen LogP contribution in [-0.4, -0.2) is 27.4 Å². The molecular weight excluding hydrogens is 659 g/mol. The number of benzene rings is 2. The fourth-order valence-corrected chi connectivity index (χ4v) is 8.71. The first-order valence-corrected chi connectivity index (χ1v) is 15.4. The Labute approximate surface area is 248 Å². The fraction of sp³-hybridized carbons (Fsp3) is 0.571. The summed E-state index contributed by atoms with van der Waals surface area (Å²) in [6.07, 6.45) is 17.1. The van der Waals surface area contributed by atoms with E-state index in [4.69, 9.17) is 0 Å². The SMILES string of the molecule is OC1C2C(CCC[C@@H]1C1CCCC1)C[C@@H](C1CCCC1)C2O.[Ir].[c-]1ccccc1-c1nccc2ccccc12. The molecule has 4 aliphatic rings. The van der Waals surface area contributed by atoms with Crippen LogP contribution in [0.5, 0.6) is 0 Å². The molecule has 0 bridgehead atoms. The second-order valence-corrected chi connectivity index (χ2v) is 12.6. The normalized spacial score (nSPS) is 31.2. The Kier molecular flexibility index (Phi) is 9.93. The maximum absolute atomic E-state index is 11.2. The summed E-state index contributed by atoms with van der Waals surface area (Å²) in [5.74, 6) is 3.26. The quantitative estimate of drug-likeness (QED) is 0.274. The van der Waals surface area contributed by atoms with Gasteiger partial charge in [0.05, 0.1) is 12.2 Å². The van der Waals surface area contributed by atoms with Crippen LogP contribution < -0.4 is 0 Å². The van der Waals surface area contributed by atoms with Crippen molar-refractivity contribution in [1.82, 2.24) is 4.98 Å². The molecule has 3 aromatic rings. The van der Waals surface area contributed by atoms with Crippen molar-refractivity contribution in [2.45, 2.75) is 89.3 Å². The van der Waals surface area contributed by atoms with Crippen LogP contribution in [0.4, 0.5) is 0 Å². The zero-order valence-electron chi connectivity index (χ0n) is 23.1. The van der Waals surface area contributed by atoms with E-state index in [1.165, 1.54) is 87.8 Å². The van der Waals surface area contributed by atoms with E-state index in [0.29, 0.717) is 17.8 Å². The molecule has 0 spiro atoms. The number of hydrogen-bond donors (Lipinski definition) is 2. The predicted molar refractivity (Wildman–Crippen MR) is 154 cm³/mol. The van der Waals surface area contributed by atoms with Gasteiger partial charge in [0, 0.05) is 32.2 Å². The minimum Gasteiger partial charge on any atom is -0.392 e. The standard InChI is InChI=1S/C20H34O2.C15H10N.Ir/c21-19-16(13-6-1-2-7-13)11-5-10-15-12-17(20(22)18(15)19)14-8-3-4-9-14;1-2-7-13(8-3-1)15-14-9-5-4-6-12(14)10-11-16-15;/h13-22H,1-12H2;1-7,9-11H;/q;-1;/t15?,16-,17+,18?,19?,20?;;/m1../s1. The molecule has 4 heteroatoms. The number of aliphatic hydroxyl groups excluding tert-OH is 2. The molecule has 0 aliphatic heterocycles. The zero-order valence-corrected chi connectivity index (χ0v) is 25.4. The Hall–Kier alpha value is -1.58. The second-order valence-electron chi connectivity index (χ2n) is 12.6. The summed E-state index contributed by atoms with van der Waals surface area (Å²) >= 11 is 0. The van der Waals surface area contributed by atoms with Crippen molar-refractivity contribution in [1.29, 1.82) is 0 Å². The molecule has 4 aliphatic carbocycles. The molecule has 39 heavy (non-hydrogen) atoms. The van der Waals surface area contributed by atoms with Crippen molar-refractivity contribution in [2.75, 3.05) is 0 Å². The molecule has 0 saturated heterocycles. The van der Waals surface area contributed by atoms with Gasteiger partial charge in [0.25, 0.3) is 0 Å². The van der Waals surface area contributed by atoms with Crippen LogP contribution in [0.25, 0.3) is 22.0 Å². The summed E-state index contributed by atoms with van der Waals surface area (Å²) in [6.45, 7) is 0. The molecule has 1 radical (unpaired) electrons. The van der Waals surface area contributed by atoms with Gasteiger partial charge in [0.1, 0.15) is 0 Å². The van der Waals surface area contributed by atoms with E-state index in [1.54, 1.807) is 0 Å². The minimum absolute atomic E-state index is 0. The van der Waals surface area contributed by atoms with E-state index in [9.17, 15) is 10.2 Å². The summed E-state index contributed by atoms with van der Waals surface area (Å²) in [6, 6.07) is 21.4. The number of aliphatic hydroxyl groups is 2. The van der Waals surface area contributed by atoms with E-state index in [0.717, 1.165) is 23.1 Å². The average molecular weight is 703 g/mol. The van der Waals surface area contributed by atoms with Crippen molar-refractivity contribution in [3.8, 4) is 11.3 Å². The summed E-state index contributed by atoms with van der Waals surface area (Å²) in [5, 5.41) is 24.6. The fourth-order valence-electron chi connectivity index (χ4n) is 8.71. The van der Waals surface area contributed by atoms with Crippen LogP contribution >= 0.6 is 0 Å². The third kappa shape index (κ3) is 6.20. The number of pyridine rings is 1. The average Bonchev–Trinajstić information content (AvgIpc) is 3.72. The maximum atomic E-state index is 11.2. The first-order chi connectivity index (χ1) is 18.7. The molecule has 1 heterocycles. The van der Waals surface area contributed by atoms with Crippen LogP contribution in [0, 0.1) is 41.6 Å². The zero-order chi connectivity index (χ0) is 25.9. The molecule has 0 amide bonds. The van der Waals surface area contributed by atoms with E-state index in [-0.39, 0.29) is 38.2 Å². The van der Waals surface area contributed by atoms with Gasteiger partial charge in [0.15, 0.2) is 0 Å². The van der Waals surface area contributed by atoms with Crippen LogP contribution in [0.15, 0.2) is 60.8 Å².